The molecular weight excluding hydrogens is 587 g/mol. The molecule has 1 saturated carbocycles. The number of carbonyl (C=O) groups excluding carboxylic acids is 1. The molecule has 0 aliphatic heterocycles. The van der Waals surface area contributed by atoms with Crippen LogP contribution in [0.1, 0.15) is 59.1 Å². The highest BCUT2D eigenvalue weighted by Crippen LogP contribution is 2.42. The minimum absolute atomic E-state index is 0.0814. The maximum absolute atomic E-state index is 12.4. The highest BCUT2D eigenvalue weighted by atomic mass is 35.5. The molecule has 1 aromatic heterocycles. The maximum Gasteiger partial charge on any atom is 0.348 e. The zero-order chi connectivity index (χ0) is 28.7. The van der Waals surface area contributed by atoms with Crippen LogP contribution in [0.25, 0.3) is 0 Å². The Balaban J connectivity index is 1.46. The summed E-state index contributed by atoms with van der Waals surface area (Å²) in [5.74, 6) is -0.378. The minimum Gasteiger partial charge on any atom is -0.459 e. The minimum atomic E-state index is -1.64. The first-order chi connectivity index (χ1) is 18.5. The van der Waals surface area contributed by atoms with Crippen molar-refractivity contribution in [1.82, 2.24) is 0 Å². The van der Waals surface area contributed by atoms with E-state index < -0.39 is 43.1 Å². The molecule has 0 amide bonds. The number of rotatable bonds is 14. The standard InChI is InChI=1S/C28H37Cl3O7S/c1-2-22(32)26(35)27(36)24(34)14-38-28(37)25-9-7-18(39-25)4-3-5-19-20(23(33)13-21(19)31)8-6-15-10-16(29)12-17(30)11-15/h7,9-12,19-24,26-27,32-36H,2-6,8,13-14H2,1H3/t19-,20-,21-,22+,23-,24-,26-,27+/m1/s1. The van der Waals surface area contributed by atoms with Crippen LogP contribution in [0.5, 0.6) is 0 Å². The lowest BCUT2D eigenvalue weighted by atomic mass is 9.85. The molecule has 0 bridgehead atoms. The molecule has 1 aromatic carbocycles. The van der Waals surface area contributed by atoms with Gasteiger partial charge in [0.2, 0.25) is 0 Å². The molecule has 1 fully saturated rings. The van der Waals surface area contributed by atoms with E-state index in [9.17, 15) is 30.3 Å². The second-order valence-electron chi connectivity index (χ2n) is 10.2. The summed E-state index contributed by atoms with van der Waals surface area (Å²) in [6.07, 6.45) is -1.60. The van der Waals surface area contributed by atoms with E-state index in [2.05, 4.69) is 0 Å². The maximum atomic E-state index is 12.4. The Bertz CT molecular complexity index is 1050. The van der Waals surface area contributed by atoms with Gasteiger partial charge in [-0.1, -0.05) is 30.1 Å². The van der Waals surface area contributed by atoms with Gasteiger partial charge in [-0.05, 0) is 92.7 Å². The molecule has 8 atom stereocenters. The Morgan fingerprint density at radius 1 is 1.00 bits per heavy atom. The van der Waals surface area contributed by atoms with E-state index in [0.717, 1.165) is 42.5 Å². The first-order valence-corrected chi connectivity index (χ1v) is 15.3. The number of hydrogen-bond acceptors (Lipinski definition) is 8. The molecule has 0 spiro atoms. The van der Waals surface area contributed by atoms with Gasteiger partial charge in [-0.15, -0.1) is 22.9 Å². The van der Waals surface area contributed by atoms with Gasteiger partial charge in [0.1, 0.15) is 29.8 Å². The van der Waals surface area contributed by atoms with Crippen LogP contribution >= 0.6 is 46.1 Å². The van der Waals surface area contributed by atoms with E-state index in [0.29, 0.717) is 21.3 Å². The quantitative estimate of drug-likeness (QED) is 0.153. The van der Waals surface area contributed by atoms with E-state index in [4.69, 9.17) is 39.5 Å². The Morgan fingerprint density at radius 3 is 2.33 bits per heavy atom. The van der Waals surface area contributed by atoms with Crippen molar-refractivity contribution >= 4 is 52.1 Å². The summed E-state index contributed by atoms with van der Waals surface area (Å²) >= 11 is 20.2. The van der Waals surface area contributed by atoms with Crippen molar-refractivity contribution in [3.8, 4) is 0 Å². The van der Waals surface area contributed by atoms with Crippen LogP contribution < -0.4 is 0 Å². The number of aliphatic hydroxyl groups is 5. The first-order valence-electron chi connectivity index (χ1n) is 13.2. The molecule has 1 aliphatic rings. The molecular formula is C28H37Cl3O7S. The number of aryl methyl sites for hydroxylation is 2. The molecule has 5 N–H and O–H groups in total. The van der Waals surface area contributed by atoms with Gasteiger partial charge in [0.15, 0.2) is 0 Å². The predicted molar refractivity (Wildman–Crippen MR) is 154 cm³/mol. The predicted octanol–water partition coefficient (Wildman–Crippen LogP) is 4.63. The van der Waals surface area contributed by atoms with Gasteiger partial charge in [-0.3, -0.25) is 0 Å². The Kier molecular flexibility index (Phi) is 12.8. The summed E-state index contributed by atoms with van der Waals surface area (Å²) in [4.78, 5) is 13.8. The van der Waals surface area contributed by atoms with Crippen molar-refractivity contribution in [2.24, 2.45) is 11.8 Å². The van der Waals surface area contributed by atoms with Gasteiger partial charge in [-0.25, -0.2) is 4.79 Å². The Labute approximate surface area is 248 Å². The molecule has 11 heteroatoms. The second-order valence-corrected chi connectivity index (χ2v) is 12.8. The highest BCUT2D eigenvalue weighted by Gasteiger charge is 2.40. The lowest BCUT2D eigenvalue weighted by Gasteiger charge is -2.25. The molecule has 39 heavy (non-hydrogen) atoms. The number of carbonyl (C=O) groups is 1. The highest BCUT2D eigenvalue weighted by molar-refractivity contribution is 7.13. The van der Waals surface area contributed by atoms with Crippen LogP contribution in [0.15, 0.2) is 30.3 Å². The number of esters is 1. The third kappa shape index (κ3) is 9.28. The van der Waals surface area contributed by atoms with Crippen molar-refractivity contribution < 1.29 is 35.1 Å². The van der Waals surface area contributed by atoms with Crippen LogP contribution in [0.2, 0.25) is 10.0 Å². The summed E-state index contributed by atoms with van der Waals surface area (Å²) in [5.41, 5.74) is 1.03. The monoisotopic (exact) mass is 622 g/mol. The van der Waals surface area contributed by atoms with Crippen molar-refractivity contribution in [3.05, 3.63) is 55.7 Å². The fraction of sp³-hybridized carbons (Fsp3) is 0.607. The van der Waals surface area contributed by atoms with Gasteiger partial charge in [0.05, 0.1) is 12.2 Å². The van der Waals surface area contributed by atoms with Gasteiger partial charge < -0.3 is 30.3 Å². The molecule has 7 nitrogen and oxygen atoms in total. The van der Waals surface area contributed by atoms with Gasteiger partial charge in [-0.2, -0.15) is 0 Å². The van der Waals surface area contributed by atoms with Crippen LogP contribution in [-0.2, 0) is 17.6 Å². The molecule has 0 radical (unpaired) electrons. The van der Waals surface area contributed by atoms with Crippen LogP contribution in [-0.4, -0.2) is 74.0 Å². The summed E-state index contributed by atoms with van der Waals surface area (Å²) < 4.78 is 5.10. The van der Waals surface area contributed by atoms with E-state index in [1.165, 1.54) is 11.3 Å². The third-order valence-electron chi connectivity index (χ3n) is 7.43. The fourth-order valence-corrected chi connectivity index (χ4v) is 7.20. The molecule has 0 saturated heterocycles. The average molecular weight is 624 g/mol. The topological polar surface area (TPSA) is 127 Å². The van der Waals surface area contributed by atoms with Gasteiger partial charge >= 0.3 is 5.97 Å². The largest absolute Gasteiger partial charge is 0.459 e. The van der Waals surface area contributed by atoms with Gasteiger partial charge in [0.25, 0.3) is 0 Å². The number of halogens is 3. The normalized spacial score (nSPS) is 24.3. The number of aliphatic hydroxyl groups excluding tert-OH is 5. The molecule has 218 valence electrons. The van der Waals surface area contributed by atoms with E-state index in [1.54, 1.807) is 19.1 Å². The first kappa shape index (κ1) is 32.6. The summed E-state index contributed by atoms with van der Waals surface area (Å²) in [5, 5.41) is 51.1. The van der Waals surface area contributed by atoms with Crippen LogP contribution in [0.3, 0.4) is 0 Å². The van der Waals surface area contributed by atoms with Crippen molar-refractivity contribution in [3.63, 3.8) is 0 Å². The molecule has 0 unspecified atom stereocenters. The van der Waals surface area contributed by atoms with Crippen molar-refractivity contribution in [2.45, 2.75) is 87.8 Å². The lowest BCUT2D eigenvalue weighted by Crippen LogP contribution is -2.46. The van der Waals surface area contributed by atoms with E-state index >= 15 is 0 Å². The van der Waals surface area contributed by atoms with E-state index in [1.807, 2.05) is 18.2 Å². The number of benzene rings is 1. The number of hydrogen-bond donors (Lipinski definition) is 5. The number of ether oxygens (including phenoxy) is 1. The molecule has 3 rings (SSSR count). The summed E-state index contributed by atoms with van der Waals surface area (Å²) in [6.45, 7) is 1.12. The number of alkyl halides is 1. The zero-order valence-electron chi connectivity index (χ0n) is 21.8. The van der Waals surface area contributed by atoms with Crippen LogP contribution in [0.4, 0.5) is 0 Å². The Hall–Kier alpha value is -0.940. The fourth-order valence-electron chi connectivity index (χ4n) is 5.19. The molecule has 1 aliphatic carbocycles. The summed E-state index contributed by atoms with van der Waals surface area (Å²) in [7, 11) is 0. The second kappa shape index (κ2) is 15.3. The Morgan fingerprint density at radius 2 is 1.67 bits per heavy atom. The third-order valence-corrected chi connectivity index (χ3v) is 9.49. The van der Waals surface area contributed by atoms with Crippen molar-refractivity contribution in [1.29, 1.82) is 0 Å². The lowest BCUT2D eigenvalue weighted by molar-refractivity contribution is -0.116. The van der Waals surface area contributed by atoms with E-state index in [-0.39, 0.29) is 23.6 Å². The molecule has 2 aromatic rings. The average Bonchev–Trinajstić information content (AvgIpc) is 3.47. The van der Waals surface area contributed by atoms with Crippen molar-refractivity contribution in [2.75, 3.05) is 6.61 Å². The summed E-state index contributed by atoms with van der Waals surface area (Å²) in [6, 6.07) is 9.00. The number of thiophene rings is 1. The SMILES string of the molecule is CC[C@H](O)[C@@H](O)[C@@H](O)[C@H](O)COC(=O)c1ccc(CCC[C@@H]2[C@@H](CCc3cc(Cl)cc(Cl)c3)[C@H](O)C[C@H]2Cl)s1. The van der Waals surface area contributed by atoms with Gasteiger partial charge in [0, 0.05) is 20.3 Å². The van der Waals surface area contributed by atoms with Crippen LogP contribution in [0, 0.1) is 11.8 Å². The smallest absolute Gasteiger partial charge is 0.348 e. The molecule has 1 heterocycles. The zero-order valence-corrected chi connectivity index (χ0v) is 24.8.